The summed E-state index contributed by atoms with van der Waals surface area (Å²) in [6.07, 6.45) is 6.04. The molecule has 5 heteroatoms. The third kappa shape index (κ3) is 4.20. The van der Waals surface area contributed by atoms with Gasteiger partial charge in [0, 0.05) is 0 Å². The standard InChI is InChI=1S/C14H26N2O3/c1-4-16(11-8-6-5-7-9-11)14(2,3)13(19)15-10-12(17)18/h11H,4-10H2,1-3H3,(H,15,19)(H,17,18). The SMILES string of the molecule is CC[NH+](C1CCCCC1)C(C)(C)C(=O)NCC(=O)[O-]. The maximum Gasteiger partial charge on any atom is 0.281 e. The summed E-state index contributed by atoms with van der Waals surface area (Å²) in [7, 11) is 0. The Bertz CT molecular complexity index is 323. The summed E-state index contributed by atoms with van der Waals surface area (Å²) in [5.74, 6) is -1.46. The zero-order chi connectivity index (χ0) is 14.5. The van der Waals surface area contributed by atoms with E-state index in [-0.39, 0.29) is 5.91 Å². The lowest BCUT2D eigenvalue weighted by molar-refractivity contribution is -0.961. The summed E-state index contributed by atoms with van der Waals surface area (Å²) in [5.41, 5.74) is -0.605. The highest BCUT2D eigenvalue weighted by molar-refractivity contribution is 5.86. The molecule has 1 amide bonds. The Hall–Kier alpha value is -1.10. The zero-order valence-corrected chi connectivity index (χ0v) is 12.3. The van der Waals surface area contributed by atoms with Crippen molar-refractivity contribution >= 4 is 11.9 Å². The van der Waals surface area contributed by atoms with Crippen molar-refractivity contribution in [2.45, 2.75) is 64.5 Å². The minimum absolute atomic E-state index is 0.209. The number of carboxylic acids is 1. The van der Waals surface area contributed by atoms with Crippen LogP contribution in [0, 0.1) is 0 Å². The van der Waals surface area contributed by atoms with E-state index in [1.54, 1.807) is 0 Å². The number of likely N-dealkylation sites (N-methyl/N-ethyl adjacent to an activating group) is 1. The lowest BCUT2D eigenvalue weighted by atomic mass is 9.89. The Kier molecular flexibility index (Phi) is 5.79. The second-order valence-electron chi connectivity index (χ2n) is 5.89. The molecule has 1 unspecified atom stereocenters. The maximum atomic E-state index is 12.2. The van der Waals surface area contributed by atoms with E-state index >= 15 is 0 Å². The molecule has 1 fully saturated rings. The van der Waals surface area contributed by atoms with Gasteiger partial charge in [0.1, 0.15) is 0 Å². The van der Waals surface area contributed by atoms with E-state index in [2.05, 4.69) is 12.2 Å². The molecule has 1 atom stereocenters. The normalized spacial score (nSPS) is 18.9. The van der Waals surface area contributed by atoms with Crippen LogP contribution in [0.1, 0.15) is 52.9 Å². The molecule has 0 aromatic carbocycles. The smallest absolute Gasteiger partial charge is 0.281 e. The van der Waals surface area contributed by atoms with Gasteiger partial charge in [-0.2, -0.15) is 0 Å². The first-order chi connectivity index (χ1) is 8.89. The lowest BCUT2D eigenvalue weighted by Gasteiger charge is -2.40. The first-order valence-electron chi connectivity index (χ1n) is 7.24. The van der Waals surface area contributed by atoms with Crippen LogP contribution >= 0.6 is 0 Å². The van der Waals surface area contributed by atoms with Crippen molar-refractivity contribution in [3.8, 4) is 0 Å². The fraction of sp³-hybridized carbons (Fsp3) is 0.857. The molecule has 2 N–H and O–H groups in total. The zero-order valence-electron chi connectivity index (χ0n) is 12.3. The topological polar surface area (TPSA) is 73.7 Å². The third-order valence-electron chi connectivity index (χ3n) is 4.24. The van der Waals surface area contributed by atoms with Gasteiger partial charge in [0.25, 0.3) is 5.91 Å². The second-order valence-corrected chi connectivity index (χ2v) is 5.89. The minimum atomic E-state index is -1.25. The molecule has 0 radical (unpaired) electrons. The van der Waals surface area contributed by atoms with Gasteiger partial charge in [-0.1, -0.05) is 6.42 Å². The van der Waals surface area contributed by atoms with Crippen LogP contribution in [0.4, 0.5) is 0 Å². The van der Waals surface area contributed by atoms with E-state index in [0.29, 0.717) is 6.04 Å². The molecule has 1 rings (SSSR count). The fourth-order valence-electron chi connectivity index (χ4n) is 3.21. The summed E-state index contributed by atoms with van der Waals surface area (Å²) < 4.78 is 0. The summed E-state index contributed by atoms with van der Waals surface area (Å²) in [6, 6.07) is 0.502. The van der Waals surface area contributed by atoms with E-state index in [0.717, 1.165) is 19.4 Å². The number of carbonyl (C=O) groups excluding carboxylic acids is 2. The number of carbonyl (C=O) groups is 2. The van der Waals surface area contributed by atoms with Crippen LogP contribution in [-0.4, -0.2) is 36.5 Å². The van der Waals surface area contributed by atoms with Gasteiger partial charge >= 0.3 is 0 Å². The summed E-state index contributed by atoms with van der Waals surface area (Å²) >= 11 is 0. The molecule has 110 valence electrons. The third-order valence-corrected chi connectivity index (χ3v) is 4.24. The minimum Gasteiger partial charge on any atom is -0.548 e. The lowest BCUT2D eigenvalue weighted by Crippen LogP contribution is -3.23. The highest BCUT2D eigenvalue weighted by atomic mass is 16.4. The van der Waals surface area contributed by atoms with Gasteiger partial charge in [-0.25, -0.2) is 0 Å². The highest BCUT2D eigenvalue weighted by Crippen LogP contribution is 2.17. The molecule has 5 nitrogen and oxygen atoms in total. The maximum absolute atomic E-state index is 12.2. The molecule has 0 aliphatic heterocycles. The van der Waals surface area contributed by atoms with Crippen molar-refractivity contribution in [2.24, 2.45) is 0 Å². The fourth-order valence-corrected chi connectivity index (χ4v) is 3.21. The first-order valence-corrected chi connectivity index (χ1v) is 7.24. The summed E-state index contributed by atoms with van der Waals surface area (Å²) in [5, 5.41) is 12.9. The molecule has 1 aliphatic rings. The molecular formula is C14H26N2O3. The van der Waals surface area contributed by atoms with Crippen LogP contribution < -0.4 is 15.3 Å². The molecule has 0 bridgehead atoms. The second kappa shape index (κ2) is 6.89. The van der Waals surface area contributed by atoms with Crippen molar-refractivity contribution < 1.29 is 19.6 Å². The van der Waals surface area contributed by atoms with E-state index < -0.39 is 18.1 Å². The van der Waals surface area contributed by atoms with E-state index in [4.69, 9.17) is 0 Å². The average molecular weight is 270 g/mol. The monoisotopic (exact) mass is 270 g/mol. The van der Waals surface area contributed by atoms with Gasteiger partial charge < -0.3 is 20.1 Å². The highest BCUT2D eigenvalue weighted by Gasteiger charge is 2.41. The number of amides is 1. The Balaban J connectivity index is 2.69. The van der Waals surface area contributed by atoms with Crippen molar-refractivity contribution in [1.82, 2.24) is 5.32 Å². The van der Waals surface area contributed by atoms with Gasteiger partial charge in [0.2, 0.25) is 0 Å². The Labute approximate surface area is 115 Å². The summed E-state index contributed by atoms with van der Waals surface area (Å²) in [6.45, 7) is 6.33. The largest absolute Gasteiger partial charge is 0.548 e. The van der Waals surface area contributed by atoms with E-state index in [9.17, 15) is 14.7 Å². The number of rotatable bonds is 6. The molecule has 0 aromatic rings. The van der Waals surface area contributed by atoms with Crippen LogP contribution in [0.2, 0.25) is 0 Å². The van der Waals surface area contributed by atoms with Crippen molar-refractivity contribution in [3.05, 3.63) is 0 Å². The van der Waals surface area contributed by atoms with Crippen molar-refractivity contribution in [1.29, 1.82) is 0 Å². The van der Waals surface area contributed by atoms with Gasteiger partial charge in [0.15, 0.2) is 5.54 Å². The Morgan fingerprint density at radius 1 is 1.26 bits per heavy atom. The van der Waals surface area contributed by atoms with Gasteiger partial charge in [0.05, 0.1) is 25.1 Å². The molecule has 0 saturated heterocycles. The predicted molar refractivity (Wildman–Crippen MR) is 70.5 cm³/mol. The number of hydrogen-bond donors (Lipinski definition) is 2. The quantitative estimate of drug-likeness (QED) is 0.641. The van der Waals surface area contributed by atoms with Crippen LogP contribution in [0.3, 0.4) is 0 Å². The summed E-state index contributed by atoms with van der Waals surface area (Å²) in [4.78, 5) is 23.9. The number of nitrogens with one attached hydrogen (secondary N) is 2. The number of quaternary nitrogens is 1. The van der Waals surface area contributed by atoms with Crippen LogP contribution in [0.25, 0.3) is 0 Å². The average Bonchev–Trinajstić information content (AvgIpc) is 2.37. The molecule has 0 aromatic heterocycles. The first kappa shape index (κ1) is 16.0. The van der Waals surface area contributed by atoms with Gasteiger partial charge in [-0.05, 0) is 46.5 Å². The van der Waals surface area contributed by atoms with Crippen molar-refractivity contribution in [3.63, 3.8) is 0 Å². The molecule has 19 heavy (non-hydrogen) atoms. The molecule has 1 saturated carbocycles. The number of aliphatic carboxylic acids is 1. The number of carboxylic acid groups (broad SMARTS) is 1. The van der Waals surface area contributed by atoms with E-state index in [1.165, 1.54) is 24.2 Å². The van der Waals surface area contributed by atoms with Crippen molar-refractivity contribution in [2.75, 3.05) is 13.1 Å². The molecule has 1 aliphatic carbocycles. The van der Waals surface area contributed by atoms with Gasteiger partial charge in [-0.15, -0.1) is 0 Å². The van der Waals surface area contributed by atoms with Crippen LogP contribution in [-0.2, 0) is 9.59 Å². The van der Waals surface area contributed by atoms with Gasteiger partial charge in [-0.3, -0.25) is 4.79 Å². The Morgan fingerprint density at radius 3 is 2.32 bits per heavy atom. The van der Waals surface area contributed by atoms with Crippen LogP contribution in [0.15, 0.2) is 0 Å². The molecular weight excluding hydrogens is 244 g/mol. The van der Waals surface area contributed by atoms with E-state index in [1.807, 2.05) is 13.8 Å². The molecule has 0 heterocycles. The predicted octanol–water partition coefficient (Wildman–Crippen LogP) is -1.13. The molecule has 0 spiro atoms. The van der Waals surface area contributed by atoms with Crippen LogP contribution in [0.5, 0.6) is 0 Å². The Morgan fingerprint density at radius 2 is 1.84 bits per heavy atom. The number of hydrogen-bond acceptors (Lipinski definition) is 3.